The van der Waals surface area contributed by atoms with Gasteiger partial charge in [0, 0.05) is 42.9 Å². The summed E-state index contributed by atoms with van der Waals surface area (Å²) in [7, 11) is 2.75. The van der Waals surface area contributed by atoms with Crippen LogP contribution in [0.2, 0.25) is 0 Å². The molecule has 0 aliphatic carbocycles. The Morgan fingerprint density at radius 2 is 1.44 bits per heavy atom. The predicted molar refractivity (Wildman–Crippen MR) is 232 cm³/mol. The highest BCUT2D eigenvalue weighted by molar-refractivity contribution is 5.92. The number of aromatic amines is 2. The molecule has 2 aliphatic heterocycles. The summed E-state index contributed by atoms with van der Waals surface area (Å²) in [5.41, 5.74) is 4.08. The summed E-state index contributed by atoms with van der Waals surface area (Å²) in [4.78, 5) is 80.7. The molecule has 3 aromatic carbocycles. The smallest absolute Gasteiger partial charge is 0.408 e. The van der Waals surface area contributed by atoms with E-state index in [1.165, 1.54) is 14.2 Å². The number of carbonyl (C=O) groups excluding carboxylic acids is 4. The van der Waals surface area contributed by atoms with Gasteiger partial charge in [-0.25, -0.2) is 14.6 Å². The molecule has 2 unspecified atom stereocenters. The molecule has 61 heavy (non-hydrogen) atoms. The first kappa shape index (κ1) is 42.9. The summed E-state index contributed by atoms with van der Waals surface area (Å²) >= 11 is 0. The summed E-state index contributed by atoms with van der Waals surface area (Å²) < 4.78 is 15.5. The lowest BCUT2D eigenvalue weighted by Gasteiger charge is -2.30. The number of imidazole rings is 1. The van der Waals surface area contributed by atoms with Gasteiger partial charge >= 0.3 is 12.2 Å². The van der Waals surface area contributed by atoms with Gasteiger partial charge in [-0.3, -0.25) is 14.4 Å². The number of nitrogens with zero attached hydrogens (tertiary/aromatic N) is 3. The molecule has 4 atom stereocenters. The van der Waals surface area contributed by atoms with Gasteiger partial charge in [0.15, 0.2) is 5.43 Å². The van der Waals surface area contributed by atoms with Crippen LogP contribution in [0.1, 0.15) is 83.9 Å². The summed E-state index contributed by atoms with van der Waals surface area (Å²) in [5, 5.41) is 7.95. The fourth-order valence-corrected chi connectivity index (χ4v) is 8.42. The second-order valence-electron chi connectivity index (χ2n) is 17.2. The zero-order valence-electron chi connectivity index (χ0n) is 35.8. The lowest BCUT2D eigenvalue weighted by molar-refractivity contribution is -0.136. The lowest BCUT2D eigenvalue weighted by Crippen LogP contribution is -2.51. The summed E-state index contributed by atoms with van der Waals surface area (Å²) in [6.45, 7) is 10.1. The highest BCUT2D eigenvalue weighted by Crippen LogP contribution is 2.35. The molecule has 2 aromatic heterocycles. The van der Waals surface area contributed by atoms with E-state index in [4.69, 9.17) is 19.2 Å². The monoisotopic (exact) mass is 833 g/mol. The van der Waals surface area contributed by atoms with E-state index < -0.39 is 29.9 Å². The maximum atomic E-state index is 13.8. The van der Waals surface area contributed by atoms with Gasteiger partial charge in [0.2, 0.25) is 11.8 Å². The summed E-state index contributed by atoms with van der Waals surface area (Å²) in [6.07, 6.45) is 3.43. The van der Waals surface area contributed by atoms with Crippen molar-refractivity contribution in [2.24, 2.45) is 5.92 Å². The van der Waals surface area contributed by atoms with Crippen LogP contribution in [-0.2, 0) is 23.8 Å². The maximum absolute atomic E-state index is 13.8. The van der Waals surface area contributed by atoms with Crippen molar-refractivity contribution in [1.29, 1.82) is 0 Å². The first-order valence-corrected chi connectivity index (χ1v) is 20.8. The number of likely N-dealkylation sites (tertiary alicyclic amines) is 2. The van der Waals surface area contributed by atoms with Crippen LogP contribution >= 0.6 is 0 Å². The molecule has 0 saturated carbocycles. The average molecular weight is 834 g/mol. The molecular formula is C46H55N7O8. The van der Waals surface area contributed by atoms with Crippen LogP contribution in [0.15, 0.2) is 71.7 Å². The van der Waals surface area contributed by atoms with Crippen LogP contribution in [0.4, 0.5) is 9.59 Å². The Hall–Kier alpha value is -6.22. The highest BCUT2D eigenvalue weighted by atomic mass is 16.6. The van der Waals surface area contributed by atoms with Crippen LogP contribution in [0.3, 0.4) is 0 Å². The number of aromatic nitrogens is 3. The van der Waals surface area contributed by atoms with Gasteiger partial charge < -0.3 is 44.6 Å². The van der Waals surface area contributed by atoms with Gasteiger partial charge in [0.25, 0.3) is 0 Å². The minimum Gasteiger partial charge on any atom is -0.453 e. The predicted octanol–water partition coefficient (Wildman–Crippen LogP) is 6.99. The van der Waals surface area contributed by atoms with E-state index >= 15 is 0 Å². The van der Waals surface area contributed by atoms with E-state index in [9.17, 15) is 24.0 Å². The normalized spacial score (nSPS) is 17.8. The third-order valence-corrected chi connectivity index (χ3v) is 11.4. The first-order valence-electron chi connectivity index (χ1n) is 20.8. The third-order valence-electron chi connectivity index (χ3n) is 11.4. The van der Waals surface area contributed by atoms with Crippen molar-refractivity contribution < 1.29 is 33.4 Å². The molecule has 4 heterocycles. The summed E-state index contributed by atoms with van der Waals surface area (Å²) in [5.74, 6) is 0.111. The van der Waals surface area contributed by atoms with Crippen molar-refractivity contribution >= 4 is 45.7 Å². The van der Waals surface area contributed by atoms with Crippen molar-refractivity contribution in [3.63, 3.8) is 0 Å². The Bertz CT molecular complexity index is 2510. The molecular weight excluding hydrogens is 779 g/mol. The van der Waals surface area contributed by atoms with Crippen molar-refractivity contribution in [2.75, 3.05) is 33.9 Å². The number of alkyl carbamates (subject to hydrolysis) is 2. The van der Waals surface area contributed by atoms with Crippen LogP contribution in [-0.4, -0.2) is 100 Å². The molecule has 5 aromatic rings. The van der Waals surface area contributed by atoms with E-state index in [0.29, 0.717) is 41.9 Å². The minimum absolute atomic E-state index is 0.0301. The van der Waals surface area contributed by atoms with Crippen LogP contribution in [0.5, 0.6) is 0 Å². The minimum atomic E-state index is -0.956. The maximum Gasteiger partial charge on any atom is 0.408 e. The number of methoxy groups -OCH3 is 2. The van der Waals surface area contributed by atoms with Crippen molar-refractivity contribution in [3.8, 4) is 22.4 Å². The molecule has 15 nitrogen and oxygen atoms in total. The number of nitrogens with one attached hydrogen (secondary N) is 4. The standard InChI is InChI=1S/C46H55N7O8/c1-26(2)40(51-44(57)60-7)43(56)53-19-9-11-38(53)41-47-24-35(49-41)31-15-14-27-20-28(12-13-29(27)21-31)30-16-17-32-33(22-30)48-34(23-39(32)54)37-10-8-18-52(37)42(55)36(25-59-6)50-45(58)61-46(3,4)5/h12-17,20-24,26,36-38,40H,8-11,18-19,25H2,1-7H3,(H,47,49)(H,48,54)(H,50,58)(H,51,57)/t36-,37?,38?,40-/m0/s1. The van der Waals surface area contributed by atoms with E-state index in [0.717, 1.165) is 52.4 Å². The Kier molecular flexibility index (Phi) is 12.5. The number of ether oxygens (including phenoxy) is 3. The van der Waals surface area contributed by atoms with Gasteiger partial charge in [0.1, 0.15) is 23.5 Å². The first-order chi connectivity index (χ1) is 29.1. The van der Waals surface area contributed by atoms with Gasteiger partial charge in [-0.15, -0.1) is 0 Å². The Labute approximate surface area is 354 Å². The van der Waals surface area contributed by atoms with Gasteiger partial charge in [0.05, 0.1) is 43.2 Å². The molecule has 2 saturated heterocycles. The van der Waals surface area contributed by atoms with E-state index in [1.807, 2.05) is 44.2 Å². The molecule has 2 fully saturated rings. The molecule has 15 heteroatoms. The number of amides is 4. The van der Waals surface area contributed by atoms with Crippen LogP contribution in [0, 0.1) is 5.92 Å². The molecule has 4 N–H and O–H groups in total. The van der Waals surface area contributed by atoms with Gasteiger partial charge in [-0.2, -0.15) is 0 Å². The van der Waals surface area contributed by atoms with Crippen LogP contribution in [0.25, 0.3) is 44.1 Å². The largest absolute Gasteiger partial charge is 0.453 e. The van der Waals surface area contributed by atoms with Crippen molar-refractivity contribution in [1.82, 2.24) is 35.4 Å². The topological polar surface area (TPSA) is 188 Å². The Morgan fingerprint density at radius 3 is 2.11 bits per heavy atom. The van der Waals surface area contributed by atoms with E-state index in [2.05, 4.69) is 44.9 Å². The zero-order valence-corrected chi connectivity index (χ0v) is 35.8. The second kappa shape index (κ2) is 17.8. The fraction of sp³-hybridized carbons (Fsp3) is 0.435. The number of hydrogen-bond donors (Lipinski definition) is 4. The molecule has 0 spiro atoms. The fourth-order valence-electron chi connectivity index (χ4n) is 8.42. The molecule has 2 aliphatic rings. The summed E-state index contributed by atoms with van der Waals surface area (Å²) in [6, 6.07) is 17.4. The lowest BCUT2D eigenvalue weighted by atomic mass is 9.98. The van der Waals surface area contributed by atoms with Crippen LogP contribution < -0.4 is 16.1 Å². The SMILES string of the molecule is COC[C@H](NC(=O)OC(C)(C)C)C(=O)N1CCCC1c1cc(=O)c2ccc(-c3ccc4cc(-c5cnc(C6CCCN6C(=O)[C@@H](NC(=O)OC)C(C)C)[nH]5)ccc4c3)cc2[nH]1. The number of carbonyl (C=O) groups is 4. The molecule has 322 valence electrons. The number of rotatable bonds is 11. The third kappa shape index (κ3) is 9.41. The van der Waals surface area contributed by atoms with Gasteiger partial charge in [-0.1, -0.05) is 44.2 Å². The van der Waals surface area contributed by atoms with Crippen molar-refractivity contribution in [3.05, 3.63) is 88.6 Å². The molecule has 0 bridgehead atoms. The average Bonchev–Trinajstić information content (AvgIpc) is 4.02. The Morgan fingerprint density at radius 1 is 0.803 bits per heavy atom. The van der Waals surface area contributed by atoms with Crippen molar-refractivity contribution in [2.45, 2.75) is 90.1 Å². The van der Waals surface area contributed by atoms with Gasteiger partial charge in [-0.05, 0) is 98.5 Å². The quantitative estimate of drug-likeness (QED) is 0.109. The second-order valence-corrected chi connectivity index (χ2v) is 17.2. The Balaban J connectivity index is 1.09. The molecule has 7 rings (SSSR count). The number of pyridine rings is 1. The number of fused-ring (bicyclic) bond motifs is 2. The number of H-pyrrole nitrogens is 2. The number of benzene rings is 3. The molecule has 0 radical (unpaired) electrons. The van der Waals surface area contributed by atoms with E-state index in [1.54, 1.807) is 42.8 Å². The highest BCUT2D eigenvalue weighted by Gasteiger charge is 2.38. The van der Waals surface area contributed by atoms with E-state index in [-0.39, 0.29) is 41.9 Å². The zero-order chi connectivity index (χ0) is 43.6. The molecule has 4 amide bonds. The number of hydrogen-bond acceptors (Lipinski definition) is 9.